The first-order valence-corrected chi connectivity index (χ1v) is 10.5. The minimum atomic E-state index is -0.168. The molecule has 0 atom stereocenters. The fraction of sp³-hybridized carbons (Fsp3) is 0.636. The summed E-state index contributed by atoms with van der Waals surface area (Å²) in [5.74, 6) is 1.90. The molecular formula is C22H32N4O4. The molecule has 2 aromatic rings. The summed E-state index contributed by atoms with van der Waals surface area (Å²) in [7, 11) is 0. The molecule has 0 saturated heterocycles. The van der Waals surface area contributed by atoms with Gasteiger partial charge in [0.05, 0.1) is 0 Å². The van der Waals surface area contributed by atoms with Gasteiger partial charge in [-0.3, -0.25) is 9.59 Å². The van der Waals surface area contributed by atoms with E-state index < -0.39 is 0 Å². The van der Waals surface area contributed by atoms with Gasteiger partial charge in [-0.1, -0.05) is 51.9 Å². The molecule has 8 heteroatoms. The van der Waals surface area contributed by atoms with Gasteiger partial charge in [-0.25, -0.2) is 0 Å². The second-order valence-electron chi connectivity index (χ2n) is 10.2. The van der Waals surface area contributed by atoms with E-state index in [1.54, 1.807) is 12.1 Å². The molecular weight excluding hydrogens is 384 g/mol. The Balaban J connectivity index is 1.49. The van der Waals surface area contributed by atoms with E-state index in [4.69, 9.17) is 9.05 Å². The Morgan fingerprint density at radius 1 is 0.767 bits per heavy atom. The fourth-order valence-corrected chi connectivity index (χ4v) is 3.45. The van der Waals surface area contributed by atoms with Crippen LogP contribution < -0.4 is 10.6 Å². The molecule has 1 aliphatic rings. The smallest absolute Gasteiger partial charge is 0.228 e. The van der Waals surface area contributed by atoms with Gasteiger partial charge in [-0.2, -0.15) is 0 Å². The Morgan fingerprint density at radius 2 is 1.10 bits per heavy atom. The van der Waals surface area contributed by atoms with Gasteiger partial charge in [0.25, 0.3) is 0 Å². The third-order valence-corrected chi connectivity index (χ3v) is 5.47. The Morgan fingerprint density at radius 3 is 1.37 bits per heavy atom. The first-order chi connectivity index (χ1) is 13.9. The van der Waals surface area contributed by atoms with Gasteiger partial charge in [0, 0.05) is 34.8 Å². The molecule has 2 N–H and O–H groups in total. The molecule has 164 valence electrons. The molecule has 0 aromatic carbocycles. The zero-order chi connectivity index (χ0) is 22.1. The van der Waals surface area contributed by atoms with Crippen LogP contribution >= 0.6 is 0 Å². The molecule has 2 amide bonds. The number of carbonyl (C=O) groups is 2. The fourth-order valence-electron chi connectivity index (χ4n) is 3.45. The van der Waals surface area contributed by atoms with Crippen LogP contribution in [-0.4, -0.2) is 22.1 Å². The van der Waals surface area contributed by atoms with Crippen molar-refractivity contribution in [3.05, 3.63) is 23.7 Å². The summed E-state index contributed by atoms with van der Waals surface area (Å²) in [4.78, 5) is 25.1. The molecule has 1 aliphatic carbocycles. The van der Waals surface area contributed by atoms with Gasteiger partial charge >= 0.3 is 0 Å². The Bertz CT molecular complexity index is 819. The molecule has 8 nitrogen and oxygen atoms in total. The molecule has 1 saturated carbocycles. The van der Waals surface area contributed by atoms with E-state index in [1.165, 1.54) is 0 Å². The van der Waals surface area contributed by atoms with E-state index in [1.807, 2.05) is 41.5 Å². The highest BCUT2D eigenvalue weighted by Gasteiger charge is 2.31. The summed E-state index contributed by atoms with van der Waals surface area (Å²) >= 11 is 0. The zero-order valence-electron chi connectivity index (χ0n) is 18.7. The van der Waals surface area contributed by atoms with Crippen LogP contribution in [0, 0.1) is 11.8 Å². The topological polar surface area (TPSA) is 110 Å². The monoisotopic (exact) mass is 416 g/mol. The van der Waals surface area contributed by atoms with Gasteiger partial charge in [-0.05, 0) is 25.7 Å². The highest BCUT2D eigenvalue weighted by atomic mass is 16.5. The van der Waals surface area contributed by atoms with Gasteiger partial charge < -0.3 is 19.7 Å². The number of rotatable bonds is 4. The number of carbonyl (C=O) groups excluding carboxylic acids is 2. The number of nitrogens with one attached hydrogen (secondary N) is 2. The highest BCUT2D eigenvalue weighted by molar-refractivity contribution is 5.93. The van der Waals surface area contributed by atoms with Crippen molar-refractivity contribution in [1.29, 1.82) is 0 Å². The SMILES string of the molecule is CC(C)(C)c1cc(NC(=O)C2CCC(C(=O)Nc3cc(C(C)(C)C)on3)CC2)no1. The third kappa shape index (κ3) is 5.29. The first-order valence-electron chi connectivity index (χ1n) is 10.5. The summed E-state index contributed by atoms with van der Waals surface area (Å²) in [5, 5.41) is 13.6. The molecule has 0 spiro atoms. The lowest BCUT2D eigenvalue weighted by molar-refractivity contribution is -0.125. The average molecular weight is 417 g/mol. The first kappa shape index (κ1) is 22.1. The van der Waals surface area contributed by atoms with Crippen LogP contribution in [0.4, 0.5) is 11.6 Å². The summed E-state index contributed by atoms with van der Waals surface area (Å²) in [6.07, 6.45) is 2.61. The second kappa shape index (κ2) is 8.24. The van der Waals surface area contributed by atoms with Crippen molar-refractivity contribution < 1.29 is 18.6 Å². The summed E-state index contributed by atoms with van der Waals surface area (Å²) in [6.45, 7) is 12.1. The summed E-state index contributed by atoms with van der Waals surface area (Å²) in [5.41, 5.74) is -0.336. The maximum absolute atomic E-state index is 12.6. The van der Waals surface area contributed by atoms with Crippen molar-refractivity contribution in [3.8, 4) is 0 Å². The van der Waals surface area contributed by atoms with E-state index in [-0.39, 0.29) is 34.5 Å². The van der Waals surface area contributed by atoms with Crippen LogP contribution in [0.5, 0.6) is 0 Å². The average Bonchev–Trinajstić information content (AvgIpc) is 3.31. The number of hydrogen-bond donors (Lipinski definition) is 2. The standard InChI is InChI=1S/C22H32N4O4/c1-21(2,3)15-11-17(25-29-15)23-19(27)13-7-9-14(10-8-13)20(28)24-18-12-16(30-26-18)22(4,5)6/h11-14H,7-10H2,1-6H3,(H,23,25,27)(H,24,26,28). The van der Waals surface area contributed by atoms with Gasteiger partial charge in [-0.15, -0.1) is 0 Å². The number of nitrogens with zero attached hydrogens (tertiary/aromatic N) is 2. The molecule has 0 unspecified atom stereocenters. The van der Waals surface area contributed by atoms with Crippen molar-refractivity contribution in [1.82, 2.24) is 10.3 Å². The highest BCUT2D eigenvalue weighted by Crippen LogP contribution is 2.32. The lowest BCUT2D eigenvalue weighted by Gasteiger charge is -2.26. The van der Waals surface area contributed by atoms with E-state index in [0.717, 1.165) is 11.5 Å². The molecule has 3 rings (SSSR count). The maximum atomic E-state index is 12.6. The van der Waals surface area contributed by atoms with Crippen LogP contribution in [0.15, 0.2) is 21.2 Å². The summed E-state index contributed by atoms with van der Waals surface area (Å²) < 4.78 is 10.6. The predicted molar refractivity (Wildman–Crippen MR) is 113 cm³/mol. The van der Waals surface area contributed by atoms with Crippen molar-refractivity contribution >= 4 is 23.5 Å². The van der Waals surface area contributed by atoms with E-state index in [9.17, 15) is 9.59 Å². The van der Waals surface area contributed by atoms with Gasteiger partial charge in [0.15, 0.2) is 11.6 Å². The van der Waals surface area contributed by atoms with Crippen LogP contribution in [0.3, 0.4) is 0 Å². The second-order valence-corrected chi connectivity index (χ2v) is 10.2. The predicted octanol–water partition coefficient (Wildman–Crippen LogP) is 4.64. The summed E-state index contributed by atoms with van der Waals surface area (Å²) in [6, 6.07) is 3.53. The van der Waals surface area contributed by atoms with Crippen molar-refractivity contribution in [2.75, 3.05) is 10.6 Å². The van der Waals surface area contributed by atoms with Crippen LogP contribution in [0.2, 0.25) is 0 Å². The Kier molecular flexibility index (Phi) is 6.06. The zero-order valence-corrected chi connectivity index (χ0v) is 18.7. The third-order valence-electron chi connectivity index (χ3n) is 5.47. The Hall–Kier alpha value is -2.64. The molecule has 1 fully saturated rings. The van der Waals surface area contributed by atoms with Gasteiger partial charge in [0.2, 0.25) is 11.8 Å². The van der Waals surface area contributed by atoms with E-state index >= 15 is 0 Å². The number of amides is 2. The minimum Gasteiger partial charge on any atom is -0.359 e. The molecule has 0 aliphatic heterocycles. The quantitative estimate of drug-likeness (QED) is 0.751. The van der Waals surface area contributed by atoms with E-state index in [0.29, 0.717) is 37.3 Å². The van der Waals surface area contributed by atoms with Crippen LogP contribution in [0.25, 0.3) is 0 Å². The number of hydrogen-bond acceptors (Lipinski definition) is 6. The van der Waals surface area contributed by atoms with Crippen molar-refractivity contribution in [3.63, 3.8) is 0 Å². The van der Waals surface area contributed by atoms with Crippen LogP contribution in [-0.2, 0) is 20.4 Å². The van der Waals surface area contributed by atoms with Gasteiger partial charge in [0.1, 0.15) is 11.5 Å². The number of anilines is 2. The van der Waals surface area contributed by atoms with E-state index in [2.05, 4.69) is 20.9 Å². The maximum Gasteiger partial charge on any atom is 0.228 e. The normalized spacial score (nSPS) is 20.1. The lowest BCUT2D eigenvalue weighted by atomic mass is 9.81. The largest absolute Gasteiger partial charge is 0.359 e. The molecule has 30 heavy (non-hydrogen) atoms. The minimum absolute atomic E-state index is 0.0751. The number of aromatic nitrogens is 2. The van der Waals surface area contributed by atoms with Crippen LogP contribution in [0.1, 0.15) is 78.7 Å². The molecule has 0 radical (unpaired) electrons. The molecule has 2 heterocycles. The molecule has 0 bridgehead atoms. The van der Waals surface area contributed by atoms with Crippen molar-refractivity contribution in [2.24, 2.45) is 11.8 Å². The lowest BCUT2D eigenvalue weighted by Crippen LogP contribution is -2.32. The van der Waals surface area contributed by atoms with Crippen molar-refractivity contribution in [2.45, 2.75) is 78.1 Å². The Labute approximate surface area is 177 Å². The molecule has 2 aromatic heterocycles.